The predicted molar refractivity (Wildman–Crippen MR) is 71.2 cm³/mol. The van der Waals surface area contributed by atoms with Gasteiger partial charge in [0.15, 0.2) is 0 Å². The van der Waals surface area contributed by atoms with Gasteiger partial charge in [0.1, 0.15) is 5.25 Å². The summed E-state index contributed by atoms with van der Waals surface area (Å²) in [6, 6.07) is 2.67. The molecule has 1 aromatic heterocycles. The molecule has 1 fully saturated rings. The highest BCUT2D eigenvalue weighted by molar-refractivity contribution is 8.14. The Kier molecular flexibility index (Phi) is 3.65. The summed E-state index contributed by atoms with van der Waals surface area (Å²) >= 11 is 0. The van der Waals surface area contributed by atoms with Gasteiger partial charge in [0.2, 0.25) is 20.8 Å². The van der Waals surface area contributed by atoms with Gasteiger partial charge < -0.3 is 0 Å². The Bertz CT molecular complexity index is 690. The van der Waals surface area contributed by atoms with E-state index >= 15 is 0 Å². The van der Waals surface area contributed by atoms with Crippen LogP contribution in [0.1, 0.15) is 12.1 Å². The summed E-state index contributed by atoms with van der Waals surface area (Å²) in [6.07, 6.45) is -0.307. The van der Waals surface area contributed by atoms with E-state index in [1.54, 1.807) is 6.92 Å². The molecule has 0 saturated carbocycles. The third-order valence-electron chi connectivity index (χ3n) is 2.93. The second-order valence-electron chi connectivity index (χ2n) is 4.36. The highest BCUT2D eigenvalue weighted by Gasteiger charge is 2.40. The zero-order chi connectivity index (χ0) is 15.1. The molecule has 1 atom stereocenters. The molecule has 108 valence electrons. The minimum atomic E-state index is -3.91. The first-order valence-corrected chi connectivity index (χ1v) is 7.93. The maximum Gasteiger partial charge on any atom is 0.312 e. The van der Waals surface area contributed by atoms with Gasteiger partial charge in [-0.25, -0.2) is 13.4 Å². The Morgan fingerprint density at radius 1 is 1.50 bits per heavy atom. The molecule has 1 unspecified atom stereocenters. The lowest BCUT2D eigenvalue weighted by Crippen LogP contribution is -2.28. The van der Waals surface area contributed by atoms with Crippen LogP contribution in [0, 0.1) is 17.0 Å². The Hall–Kier alpha value is -1.74. The standard InChI is InChI=1S/C10H10ClN3O5S/c1-6-2-3-8(14(16)17)10(12-6)13-5-7(4-9(13)15)20(11,18)19/h2-3,7H,4-5H2,1H3. The normalized spacial score (nSPS) is 19.4. The van der Waals surface area contributed by atoms with Gasteiger partial charge in [0.25, 0.3) is 0 Å². The third kappa shape index (κ3) is 2.73. The molecule has 1 aliphatic heterocycles. The first-order chi connectivity index (χ1) is 9.20. The summed E-state index contributed by atoms with van der Waals surface area (Å²) < 4.78 is 22.5. The van der Waals surface area contributed by atoms with Gasteiger partial charge >= 0.3 is 5.69 Å². The summed E-state index contributed by atoms with van der Waals surface area (Å²) in [5.41, 5.74) is 0.132. The van der Waals surface area contributed by atoms with Gasteiger partial charge in [-0.2, -0.15) is 0 Å². The van der Waals surface area contributed by atoms with E-state index in [1.807, 2.05) is 0 Å². The van der Waals surface area contributed by atoms with Gasteiger partial charge in [-0.3, -0.25) is 19.8 Å². The van der Waals surface area contributed by atoms with E-state index in [4.69, 9.17) is 10.7 Å². The Morgan fingerprint density at radius 2 is 2.15 bits per heavy atom. The van der Waals surface area contributed by atoms with Crippen molar-refractivity contribution >= 4 is 37.1 Å². The first-order valence-electron chi connectivity index (χ1n) is 5.56. The van der Waals surface area contributed by atoms with Gasteiger partial charge in [0, 0.05) is 35.4 Å². The number of aryl methyl sites for hydroxylation is 1. The SMILES string of the molecule is Cc1ccc([N+](=O)[O-])c(N2CC(S(=O)(=O)Cl)CC2=O)n1. The van der Waals surface area contributed by atoms with Crippen molar-refractivity contribution in [1.82, 2.24) is 4.98 Å². The average Bonchev–Trinajstić information content (AvgIpc) is 2.70. The van der Waals surface area contributed by atoms with Crippen LogP contribution in [0.25, 0.3) is 0 Å². The predicted octanol–water partition coefficient (Wildman–Crippen LogP) is 0.972. The number of aromatic nitrogens is 1. The lowest BCUT2D eigenvalue weighted by molar-refractivity contribution is -0.384. The molecule has 0 bridgehead atoms. The van der Waals surface area contributed by atoms with Crippen molar-refractivity contribution < 1.29 is 18.1 Å². The molecule has 1 saturated heterocycles. The third-order valence-corrected chi connectivity index (χ3v) is 4.80. The summed E-state index contributed by atoms with van der Waals surface area (Å²) in [7, 11) is 1.32. The first kappa shape index (κ1) is 14.7. The van der Waals surface area contributed by atoms with Crippen molar-refractivity contribution in [1.29, 1.82) is 0 Å². The molecule has 0 spiro atoms. The van der Waals surface area contributed by atoms with Crippen molar-refractivity contribution in [3.63, 3.8) is 0 Å². The minimum Gasteiger partial charge on any atom is -0.290 e. The molecule has 8 nitrogen and oxygen atoms in total. The fraction of sp³-hybridized carbons (Fsp3) is 0.400. The van der Waals surface area contributed by atoms with Crippen LogP contribution in [0.15, 0.2) is 12.1 Å². The number of anilines is 1. The van der Waals surface area contributed by atoms with E-state index in [1.165, 1.54) is 12.1 Å². The Balaban J connectivity index is 2.45. The molecule has 2 heterocycles. The fourth-order valence-corrected chi connectivity index (χ4v) is 2.97. The van der Waals surface area contributed by atoms with Crippen LogP contribution >= 0.6 is 10.7 Å². The summed E-state index contributed by atoms with van der Waals surface area (Å²) in [5, 5.41) is 9.87. The lowest BCUT2D eigenvalue weighted by Gasteiger charge is -2.15. The van der Waals surface area contributed by atoms with Crippen LogP contribution in [0.4, 0.5) is 11.5 Å². The smallest absolute Gasteiger partial charge is 0.290 e. The zero-order valence-corrected chi connectivity index (χ0v) is 11.9. The monoisotopic (exact) mass is 319 g/mol. The number of amides is 1. The van der Waals surface area contributed by atoms with Crippen molar-refractivity contribution in [2.45, 2.75) is 18.6 Å². The van der Waals surface area contributed by atoms with Gasteiger partial charge in [-0.05, 0) is 13.0 Å². The van der Waals surface area contributed by atoms with E-state index in [0.717, 1.165) is 4.90 Å². The number of carbonyl (C=O) groups is 1. The number of carbonyl (C=O) groups excluding carboxylic acids is 1. The molecule has 0 aliphatic carbocycles. The molecule has 1 amide bonds. The highest BCUT2D eigenvalue weighted by Crippen LogP contribution is 2.31. The molecular weight excluding hydrogens is 310 g/mol. The quantitative estimate of drug-likeness (QED) is 0.466. The van der Waals surface area contributed by atoms with Crippen LogP contribution in [0.3, 0.4) is 0 Å². The number of halogens is 1. The fourth-order valence-electron chi connectivity index (χ4n) is 1.94. The number of hydrogen-bond donors (Lipinski definition) is 0. The molecule has 1 aliphatic rings. The summed E-state index contributed by atoms with van der Waals surface area (Å²) in [4.78, 5) is 27.1. The number of pyridine rings is 1. The molecule has 0 N–H and O–H groups in total. The second-order valence-corrected chi connectivity index (χ2v) is 7.27. The average molecular weight is 320 g/mol. The number of nitro groups is 1. The Labute approximate surface area is 118 Å². The molecule has 20 heavy (non-hydrogen) atoms. The lowest BCUT2D eigenvalue weighted by atomic mass is 10.3. The highest BCUT2D eigenvalue weighted by atomic mass is 35.7. The molecule has 1 aromatic rings. The number of nitrogens with zero attached hydrogens (tertiary/aromatic N) is 3. The van der Waals surface area contributed by atoms with Crippen LogP contribution < -0.4 is 4.90 Å². The number of rotatable bonds is 3. The van der Waals surface area contributed by atoms with Gasteiger partial charge in [-0.1, -0.05) is 0 Å². The van der Waals surface area contributed by atoms with E-state index in [0.29, 0.717) is 5.69 Å². The van der Waals surface area contributed by atoms with E-state index < -0.39 is 25.1 Å². The van der Waals surface area contributed by atoms with Gasteiger partial charge in [-0.15, -0.1) is 0 Å². The molecule has 2 rings (SSSR count). The van der Waals surface area contributed by atoms with Crippen LogP contribution in [-0.4, -0.2) is 36.0 Å². The Morgan fingerprint density at radius 3 is 2.65 bits per heavy atom. The zero-order valence-electron chi connectivity index (χ0n) is 10.3. The molecule has 10 heteroatoms. The number of hydrogen-bond acceptors (Lipinski definition) is 6. The van der Waals surface area contributed by atoms with E-state index in [9.17, 15) is 23.3 Å². The van der Waals surface area contributed by atoms with Crippen molar-refractivity contribution in [3.8, 4) is 0 Å². The minimum absolute atomic E-state index is 0.150. The maximum atomic E-state index is 11.9. The molecule has 0 radical (unpaired) electrons. The summed E-state index contributed by atoms with van der Waals surface area (Å²) in [6.45, 7) is 1.38. The van der Waals surface area contributed by atoms with Crippen LogP contribution in [-0.2, 0) is 13.8 Å². The van der Waals surface area contributed by atoms with E-state index in [-0.39, 0.29) is 24.5 Å². The van der Waals surface area contributed by atoms with Gasteiger partial charge in [0.05, 0.1) is 4.92 Å². The maximum absolute atomic E-state index is 11.9. The molecule has 0 aromatic carbocycles. The largest absolute Gasteiger partial charge is 0.312 e. The topological polar surface area (TPSA) is 110 Å². The van der Waals surface area contributed by atoms with E-state index in [2.05, 4.69) is 4.98 Å². The van der Waals surface area contributed by atoms with Crippen LogP contribution in [0.5, 0.6) is 0 Å². The van der Waals surface area contributed by atoms with Crippen LogP contribution in [0.2, 0.25) is 0 Å². The molecular formula is C10H10ClN3O5S. The summed E-state index contributed by atoms with van der Waals surface area (Å²) in [5.74, 6) is -0.705. The van der Waals surface area contributed by atoms with Crippen molar-refractivity contribution in [2.75, 3.05) is 11.4 Å². The van der Waals surface area contributed by atoms with Crippen molar-refractivity contribution in [2.24, 2.45) is 0 Å². The van der Waals surface area contributed by atoms with Crippen molar-refractivity contribution in [3.05, 3.63) is 27.9 Å². The second kappa shape index (κ2) is 4.98.